The van der Waals surface area contributed by atoms with E-state index < -0.39 is 8.32 Å². The van der Waals surface area contributed by atoms with Crippen LogP contribution < -0.4 is 0 Å². The van der Waals surface area contributed by atoms with Gasteiger partial charge in [0, 0.05) is 18.3 Å². The largest absolute Gasteiger partial charge is 0.413 e. The molecule has 0 N–H and O–H groups in total. The zero-order valence-corrected chi connectivity index (χ0v) is 15.3. The van der Waals surface area contributed by atoms with Crippen LogP contribution in [0.4, 0.5) is 0 Å². The molecular formula is C18H30O2Si. The number of ketones is 1. The van der Waals surface area contributed by atoms with Crippen molar-refractivity contribution < 1.29 is 9.22 Å². The minimum absolute atomic E-state index is 0.233. The summed E-state index contributed by atoms with van der Waals surface area (Å²) in [6.45, 7) is 13.8. The van der Waals surface area contributed by atoms with Crippen LogP contribution in [0.3, 0.4) is 0 Å². The Bertz CT molecular complexity index is 474. The predicted molar refractivity (Wildman–Crippen MR) is 88.6 cm³/mol. The second-order valence-electron chi connectivity index (χ2n) is 9.04. The van der Waals surface area contributed by atoms with Crippen LogP contribution in [0, 0.1) is 29.6 Å². The lowest BCUT2D eigenvalue weighted by molar-refractivity contribution is -0.134. The van der Waals surface area contributed by atoms with E-state index in [4.69, 9.17) is 4.43 Å². The molecule has 3 aliphatic rings. The summed E-state index contributed by atoms with van der Waals surface area (Å²) in [6.07, 6.45) is 6.85. The van der Waals surface area contributed by atoms with Crippen LogP contribution in [0.1, 0.15) is 40.5 Å². The van der Waals surface area contributed by atoms with Gasteiger partial charge in [0.2, 0.25) is 0 Å². The van der Waals surface area contributed by atoms with Gasteiger partial charge in [0.25, 0.3) is 0 Å². The molecule has 0 unspecified atom stereocenters. The van der Waals surface area contributed by atoms with Gasteiger partial charge < -0.3 is 4.43 Å². The number of hydrogen-bond acceptors (Lipinski definition) is 2. The molecule has 0 aromatic heterocycles. The van der Waals surface area contributed by atoms with E-state index in [1.165, 1.54) is 6.42 Å². The summed E-state index contributed by atoms with van der Waals surface area (Å²) in [5.74, 6) is 2.67. The van der Waals surface area contributed by atoms with Gasteiger partial charge >= 0.3 is 0 Å². The van der Waals surface area contributed by atoms with Crippen LogP contribution in [-0.2, 0) is 9.22 Å². The molecule has 0 heterocycles. The summed E-state index contributed by atoms with van der Waals surface area (Å²) in [5.41, 5.74) is 0. The van der Waals surface area contributed by atoms with E-state index in [1.54, 1.807) is 0 Å². The first-order chi connectivity index (χ1) is 9.62. The fraction of sp³-hybridized carbons (Fsp3) is 0.833. The average molecular weight is 307 g/mol. The quantitative estimate of drug-likeness (QED) is 0.557. The first kappa shape index (κ1) is 15.5. The molecule has 0 spiro atoms. The van der Waals surface area contributed by atoms with Gasteiger partial charge in [0.05, 0.1) is 6.10 Å². The summed E-state index contributed by atoms with van der Waals surface area (Å²) in [4.78, 5) is 12.5. The van der Waals surface area contributed by atoms with Crippen molar-refractivity contribution in [2.45, 2.75) is 64.8 Å². The molecule has 3 heteroatoms. The Morgan fingerprint density at radius 1 is 1.19 bits per heavy atom. The number of fused-ring (bicyclic) bond motifs is 5. The third-order valence-electron chi connectivity index (χ3n) is 6.59. The number of hydrogen-bond donors (Lipinski definition) is 0. The molecule has 3 aliphatic carbocycles. The Hall–Kier alpha value is -0.413. The van der Waals surface area contributed by atoms with Crippen LogP contribution in [0.15, 0.2) is 12.2 Å². The molecule has 21 heavy (non-hydrogen) atoms. The first-order valence-corrected chi connectivity index (χ1v) is 11.4. The van der Waals surface area contributed by atoms with Crippen LogP contribution in [-0.4, -0.2) is 20.2 Å². The Morgan fingerprint density at radius 3 is 2.43 bits per heavy atom. The number of carbonyl (C=O) groups is 1. The molecule has 0 amide bonds. The zero-order valence-electron chi connectivity index (χ0n) is 14.3. The van der Waals surface area contributed by atoms with Gasteiger partial charge in [-0.05, 0) is 42.3 Å². The summed E-state index contributed by atoms with van der Waals surface area (Å²) in [6, 6.07) is 0. The molecular weight excluding hydrogens is 276 g/mol. The van der Waals surface area contributed by atoms with Gasteiger partial charge in [-0.15, -0.1) is 0 Å². The fourth-order valence-electron chi connectivity index (χ4n) is 4.42. The molecule has 2 fully saturated rings. The van der Waals surface area contributed by atoms with E-state index in [0.29, 0.717) is 29.5 Å². The van der Waals surface area contributed by atoms with Crippen molar-refractivity contribution in [3.63, 3.8) is 0 Å². The van der Waals surface area contributed by atoms with E-state index in [-0.39, 0.29) is 17.1 Å². The Balaban J connectivity index is 1.87. The minimum atomic E-state index is -1.78. The summed E-state index contributed by atoms with van der Waals surface area (Å²) in [5, 5.41) is 0.233. The van der Waals surface area contributed by atoms with Crippen molar-refractivity contribution >= 4 is 14.1 Å². The molecule has 2 saturated carbocycles. The van der Waals surface area contributed by atoms with Crippen molar-refractivity contribution in [1.29, 1.82) is 0 Å². The monoisotopic (exact) mass is 306 g/mol. The topological polar surface area (TPSA) is 26.3 Å². The summed E-state index contributed by atoms with van der Waals surface area (Å²) < 4.78 is 6.82. The average Bonchev–Trinajstić information content (AvgIpc) is 2.93. The molecule has 0 saturated heterocycles. The maximum absolute atomic E-state index is 12.5. The lowest BCUT2D eigenvalue weighted by Crippen LogP contribution is -2.53. The molecule has 2 bridgehead atoms. The van der Waals surface area contributed by atoms with Gasteiger partial charge in [0.15, 0.2) is 8.32 Å². The van der Waals surface area contributed by atoms with Crippen LogP contribution >= 0.6 is 0 Å². The fourth-order valence-corrected chi connectivity index (χ4v) is 5.85. The molecule has 0 aromatic rings. The lowest BCUT2D eigenvalue weighted by Gasteiger charge is -2.47. The SMILES string of the molecule is C[C@@H]1CC(=O)[C@@H]2[C@H]([C@H]1O[Si](C)(C)C(C)(C)C)[C@@H]1C=C[C@H]2C1. The highest BCUT2D eigenvalue weighted by Crippen LogP contribution is 2.55. The van der Waals surface area contributed by atoms with Gasteiger partial charge in [-0.25, -0.2) is 0 Å². The molecule has 0 radical (unpaired) electrons. The minimum Gasteiger partial charge on any atom is -0.413 e. The lowest BCUT2D eigenvalue weighted by atomic mass is 9.67. The molecule has 2 nitrogen and oxygen atoms in total. The Morgan fingerprint density at radius 2 is 1.81 bits per heavy atom. The first-order valence-electron chi connectivity index (χ1n) is 8.50. The predicted octanol–water partition coefficient (Wildman–Crippen LogP) is 4.42. The van der Waals surface area contributed by atoms with E-state index in [1.807, 2.05) is 0 Å². The maximum atomic E-state index is 12.5. The third kappa shape index (κ3) is 2.37. The highest BCUT2D eigenvalue weighted by atomic mass is 28.4. The van der Waals surface area contributed by atoms with Gasteiger partial charge in [0.1, 0.15) is 5.78 Å². The van der Waals surface area contributed by atoms with Crippen molar-refractivity contribution in [3.05, 3.63) is 12.2 Å². The normalized spacial score (nSPS) is 42.5. The van der Waals surface area contributed by atoms with Gasteiger partial charge in [-0.2, -0.15) is 0 Å². The van der Waals surface area contributed by atoms with E-state index in [9.17, 15) is 4.79 Å². The molecule has 0 aromatic carbocycles. The smallest absolute Gasteiger partial charge is 0.192 e. The molecule has 0 aliphatic heterocycles. The maximum Gasteiger partial charge on any atom is 0.192 e. The van der Waals surface area contributed by atoms with Gasteiger partial charge in [-0.3, -0.25) is 4.79 Å². The Labute approximate surface area is 130 Å². The Kier molecular flexibility index (Phi) is 3.53. The second-order valence-corrected chi connectivity index (χ2v) is 13.8. The number of Topliss-reactive ketones (excluding diaryl/α,β-unsaturated/α-hetero) is 1. The van der Waals surface area contributed by atoms with Crippen molar-refractivity contribution in [2.24, 2.45) is 29.6 Å². The summed E-state index contributed by atoms with van der Waals surface area (Å²) >= 11 is 0. The summed E-state index contributed by atoms with van der Waals surface area (Å²) in [7, 11) is -1.78. The third-order valence-corrected chi connectivity index (χ3v) is 11.1. The molecule has 118 valence electrons. The molecule has 3 rings (SSSR count). The number of carbonyl (C=O) groups excluding carboxylic acids is 1. The van der Waals surface area contributed by atoms with Crippen LogP contribution in [0.2, 0.25) is 18.1 Å². The van der Waals surface area contributed by atoms with E-state index in [0.717, 1.165) is 6.42 Å². The van der Waals surface area contributed by atoms with Gasteiger partial charge in [-0.1, -0.05) is 39.8 Å². The zero-order chi connectivity index (χ0) is 15.6. The second kappa shape index (κ2) is 4.79. The van der Waals surface area contributed by atoms with Crippen LogP contribution in [0.25, 0.3) is 0 Å². The highest BCUT2D eigenvalue weighted by molar-refractivity contribution is 6.74. The highest BCUT2D eigenvalue weighted by Gasteiger charge is 2.56. The van der Waals surface area contributed by atoms with Crippen molar-refractivity contribution in [1.82, 2.24) is 0 Å². The number of allylic oxidation sites excluding steroid dienone is 2. The standard InChI is InChI=1S/C18H30O2Si/c1-11-9-14(19)15-12-7-8-13(10-12)16(15)17(11)20-21(5,6)18(2,3)4/h7-8,11-13,15-17H,9-10H2,1-6H3/t11-,12+,13-,15-,16-,17+/m1/s1. The van der Waals surface area contributed by atoms with E-state index >= 15 is 0 Å². The van der Waals surface area contributed by atoms with E-state index in [2.05, 4.69) is 52.9 Å². The molecule has 6 atom stereocenters. The number of rotatable bonds is 2. The van der Waals surface area contributed by atoms with Crippen LogP contribution in [0.5, 0.6) is 0 Å². The van der Waals surface area contributed by atoms with Crippen molar-refractivity contribution in [2.75, 3.05) is 0 Å². The van der Waals surface area contributed by atoms with Crippen molar-refractivity contribution in [3.8, 4) is 0 Å².